The number of carboxylic acids is 1. The van der Waals surface area contributed by atoms with Gasteiger partial charge in [-0.05, 0) is 37.6 Å². The number of rotatable bonds is 6. The molecular weight excluding hydrogens is 432 g/mol. The molecule has 10 heteroatoms. The van der Waals surface area contributed by atoms with Gasteiger partial charge in [-0.1, -0.05) is 17.6 Å². The van der Waals surface area contributed by atoms with Gasteiger partial charge in [0.25, 0.3) is 0 Å². The van der Waals surface area contributed by atoms with Gasteiger partial charge in [-0.15, -0.1) is 0 Å². The number of hydrogen-bond donors (Lipinski definition) is 3. The predicted molar refractivity (Wildman–Crippen MR) is 124 cm³/mol. The summed E-state index contributed by atoms with van der Waals surface area (Å²) in [5.74, 6) is -1.09. The molecule has 0 unspecified atom stereocenters. The molecule has 2 aliphatic heterocycles. The third-order valence-electron chi connectivity index (χ3n) is 5.55. The number of anilines is 3. The van der Waals surface area contributed by atoms with Crippen molar-refractivity contribution in [1.29, 1.82) is 0 Å². The van der Waals surface area contributed by atoms with Crippen LogP contribution in [0.3, 0.4) is 0 Å². The molecule has 8 nitrogen and oxygen atoms in total. The molecular formula is C24H24FLiN5O3-. The first-order valence-electron chi connectivity index (χ1n) is 10.5. The summed E-state index contributed by atoms with van der Waals surface area (Å²) in [5.41, 5.74) is 4.56. The van der Waals surface area contributed by atoms with Crippen LogP contribution in [0.5, 0.6) is 5.88 Å². The van der Waals surface area contributed by atoms with E-state index in [1.54, 1.807) is 12.3 Å². The van der Waals surface area contributed by atoms with E-state index < -0.39 is 18.2 Å². The van der Waals surface area contributed by atoms with Crippen LogP contribution in [0.15, 0.2) is 40.8 Å². The Bertz CT molecular complexity index is 1170. The summed E-state index contributed by atoms with van der Waals surface area (Å²) >= 11 is 0. The van der Waals surface area contributed by atoms with Gasteiger partial charge in [-0.25, -0.2) is 14.9 Å². The maximum absolute atomic E-state index is 14.1. The molecule has 0 atom stereocenters. The second-order valence-electron chi connectivity index (χ2n) is 7.87. The predicted octanol–water partition coefficient (Wildman–Crippen LogP) is 0.362. The summed E-state index contributed by atoms with van der Waals surface area (Å²) in [6, 6.07) is 4.13. The Balaban J connectivity index is 0.00000324. The molecule has 172 valence electrons. The van der Waals surface area contributed by atoms with E-state index in [2.05, 4.69) is 25.5 Å². The van der Waals surface area contributed by atoms with E-state index in [1.165, 1.54) is 12.1 Å². The molecule has 0 radical (unpaired) electrons. The van der Waals surface area contributed by atoms with E-state index >= 15 is 0 Å². The molecule has 1 fully saturated rings. The zero-order valence-electron chi connectivity index (χ0n) is 19.2. The number of carbonyl (C=O) groups is 1. The van der Waals surface area contributed by atoms with Crippen LogP contribution in [-0.2, 0) is 11.2 Å². The minimum Gasteiger partial charge on any atom is -0.481 e. The van der Waals surface area contributed by atoms with Crippen molar-refractivity contribution in [2.75, 3.05) is 41.8 Å². The molecule has 2 aromatic rings. The summed E-state index contributed by atoms with van der Waals surface area (Å²) in [5, 5.41) is 15.0. The first kappa shape index (κ1) is 25.3. The van der Waals surface area contributed by atoms with Crippen LogP contribution in [0, 0.1) is 25.9 Å². The fourth-order valence-corrected chi connectivity index (χ4v) is 3.86. The first-order valence-corrected chi connectivity index (χ1v) is 10.5. The Morgan fingerprint density at radius 1 is 1.44 bits per heavy atom. The van der Waals surface area contributed by atoms with Crippen LogP contribution in [0.4, 0.5) is 21.5 Å². The van der Waals surface area contributed by atoms with Crippen molar-refractivity contribution in [2.24, 2.45) is 4.99 Å². The fraction of sp³-hybridized carbons (Fsp3) is 0.292. The van der Waals surface area contributed by atoms with Gasteiger partial charge in [0.2, 0.25) is 5.88 Å². The Kier molecular flexibility index (Phi) is 8.02. The van der Waals surface area contributed by atoms with Crippen molar-refractivity contribution in [2.45, 2.75) is 19.8 Å². The van der Waals surface area contributed by atoms with E-state index in [9.17, 15) is 9.18 Å². The molecule has 3 heterocycles. The van der Waals surface area contributed by atoms with Gasteiger partial charge in [-0.3, -0.25) is 11.4 Å². The van der Waals surface area contributed by atoms with Crippen LogP contribution < -0.4 is 39.1 Å². The van der Waals surface area contributed by atoms with Crippen LogP contribution in [-0.4, -0.2) is 48.0 Å². The zero-order chi connectivity index (χ0) is 23.5. The second-order valence-corrected chi connectivity index (χ2v) is 7.87. The van der Waals surface area contributed by atoms with Gasteiger partial charge >= 0.3 is 24.8 Å². The van der Waals surface area contributed by atoms with Crippen molar-refractivity contribution in [1.82, 2.24) is 4.98 Å². The van der Waals surface area contributed by atoms with Gasteiger partial charge in [0.05, 0.1) is 18.3 Å². The van der Waals surface area contributed by atoms with Crippen LogP contribution >= 0.6 is 0 Å². The number of ether oxygens (including phenoxy) is 1. The van der Waals surface area contributed by atoms with Crippen molar-refractivity contribution >= 4 is 28.7 Å². The molecule has 1 aromatic carbocycles. The normalized spacial score (nSPS) is 16.1. The largest absolute Gasteiger partial charge is 1.00 e. The monoisotopic (exact) mass is 456 g/mol. The van der Waals surface area contributed by atoms with Gasteiger partial charge in [-0.2, -0.15) is 0 Å². The van der Waals surface area contributed by atoms with Gasteiger partial charge in [0.15, 0.2) is 0 Å². The molecule has 1 saturated heterocycles. The number of fused-ring (bicyclic) bond motifs is 1. The van der Waals surface area contributed by atoms with E-state index in [4.69, 9.17) is 23.0 Å². The molecule has 0 aliphatic carbocycles. The van der Waals surface area contributed by atoms with Crippen LogP contribution in [0.2, 0.25) is 0 Å². The topological polar surface area (TPSA) is 99.1 Å². The maximum Gasteiger partial charge on any atom is 1.00 e. The standard InChI is InChI=1S/C24H24FN5O3.Li/c1-14-6-8-30(21-12-27-24-23(15(21)2)26-7-9-33-24)13-20(14)29-16(3)28-18-5-4-17(10-22(31)32)19(25)11-18;/h1,3-5,11-12,26,28H,6-10,13H2,2H3,(H,31,32);/q-2;+1/b29-20-;. The van der Waals surface area contributed by atoms with Crippen molar-refractivity contribution in [3.63, 3.8) is 0 Å². The van der Waals surface area contributed by atoms with Gasteiger partial charge < -0.3 is 36.9 Å². The smallest absolute Gasteiger partial charge is 0.481 e. The second kappa shape index (κ2) is 10.8. The minimum atomic E-state index is -1.10. The Morgan fingerprint density at radius 2 is 2.24 bits per heavy atom. The third-order valence-corrected chi connectivity index (χ3v) is 5.55. The number of hydrogen-bond acceptors (Lipinski definition) is 7. The number of piperidine rings is 1. The molecule has 0 amide bonds. The fourth-order valence-electron chi connectivity index (χ4n) is 3.86. The van der Waals surface area contributed by atoms with E-state index in [0.29, 0.717) is 49.0 Å². The summed E-state index contributed by atoms with van der Waals surface area (Å²) in [7, 11) is 0. The third kappa shape index (κ3) is 5.61. The Labute approximate surface area is 209 Å². The van der Waals surface area contributed by atoms with E-state index in [1.807, 2.05) is 6.92 Å². The number of halogens is 1. The van der Waals surface area contributed by atoms with Crippen LogP contribution in [0.1, 0.15) is 17.5 Å². The molecule has 3 N–H and O–H groups in total. The average molecular weight is 456 g/mol. The van der Waals surface area contributed by atoms with Gasteiger partial charge in [0, 0.05) is 24.3 Å². The van der Waals surface area contributed by atoms with Crippen molar-refractivity contribution in [3.8, 4) is 5.88 Å². The van der Waals surface area contributed by atoms with Gasteiger partial charge in [0.1, 0.15) is 18.1 Å². The van der Waals surface area contributed by atoms with Crippen molar-refractivity contribution < 1.29 is 37.9 Å². The number of carboxylic acid groups (broad SMARTS) is 1. The molecule has 4 rings (SSSR count). The Hall–Kier alpha value is -3.28. The van der Waals surface area contributed by atoms with E-state index in [0.717, 1.165) is 23.5 Å². The number of aliphatic imine (C=N–C) groups is 1. The van der Waals surface area contributed by atoms with Crippen molar-refractivity contribution in [3.05, 3.63) is 65.9 Å². The van der Waals surface area contributed by atoms with E-state index in [-0.39, 0.29) is 30.2 Å². The quantitative estimate of drug-likeness (QED) is 0.427. The number of aliphatic carboxylic acids is 1. The first-order chi connectivity index (χ1) is 15.8. The number of nitrogens with zero attached hydrogens (tertiary/aromatic N) is 3. The molecule has 2 aliphatic rings. The SMILES string of the molecule is [CH-]=C(/N=C1/CN(c2cnc3c(c2C)NCCO3)CCC1=[CH-])Nc1ccc(CC(=O)O)c(F)c1.[Li+]. The average Bonchev–Trinajstić information content (AvgIpc) is 2.77. The number of nitrogens with one attached hydrogen (secondary N) is 2. The number of pyridine rings is 1. The molecule has 0 bridgehead atoms. The molecule has 1 aromatic heterocycles. The summed E-state index contributed by atoms with van der Waals surface area (Å²) < 4.78 is 19.7. The summed E-state index contributed by atoms with van der Waals surface area (Å²) in [6.07, 6.45) is 1.99. The number of benzene rings is 1. The number of aromatic nitrogens is 1. The maximum atomic E-state index is 14.1. The Morgan fingerprint density at radius 3 is 2.97 bits per heavy atom. The van der Waals surface area contributed by atoms with Crippen LogP contribution in [0.25, 0.3) is 0 Å². The summed E-state index contributed by atoms with van der Waals surface area (Å²) in [6.45, 7) is 16.7. The molecule has 34 heavy (non-hydrogen) atoms. The summed E-state index contributed by atoms with van der Waals surface area (Å²) in [4.78, 5) is 21.8. The molecule has 0 saturated carbocycles. The minimum absolute atomic E-state index is 0. The zero-order valence-corrected chi connectivity index (χ0v) is 19.2. The molecule has 0 spiro atoms.